The minimum absolute atomic E-state index is 0.0416. The van der Waals surface area contributed by atoms with Crippen molar-refractivity contribution in [1.29, 1.82) is 0 Å². The van der Waals surface area contributed by atoms with Gasteiger partial charge in [-0.05, 0) is 11.5 Å². The van der Waals surface area contributed by atoms with Gasteiger partial charge in [0.05, 0.1) is 0 Å². The molecule has 1 aromatic heterocycles. The number of hydrogen-bond donors (Lipinski definition) is 2. The second kappa shape index (κ2) is 7.13. The second-order valence-electron chi connectivity index (χ2n) is 3.80. The van der Waals surface area contributed by atoms with E-state index in [9.17, 15) is 8.42 Å². The quantitative estimate of drug-likeness (QED) is 0.554. The van der Waals surface area contributed by atoms with Crippen LogP contribution in [0.5, 0.6) is 0 Å². The highest BCUT2D eigenvalue weighted by atomic mass is 32.2. The third-order valence-corrected chi connectivity index (χ3v) is 5.98. The first-order valence-electron chi connectivity index (χ1n) is 5.51. The Morgan fingerprint density at radius 3 is 2.84 bits per heavy atom. The molecular formula is C10H18N4O2S3. The number of thioether (sulfide) groups is 1. The zero-order valence-electron chi connectivity index (χ0n) is 10.9. The van der Waals surface area contributed by atoms with Crippen LogP contribution in [-0.2, 0) is 10.0 Å². The van der Waals surface area contributed by atoms with Crippen LogP contribution >= 0.6 is 23.3 Å². The van der Waals surface area contributed by atoms with Crippen LogP contribution in [0.25, 0.3) is 0 Å². The van der Waals surface area contributed by atoms with E-state index in [0.29, 0.717) is 11.5 Å². The molecule has 9 heteroatoms. The zero-order valence-corrected chi connectivity index (χ0v) is 13.4. The average Bonchev–Trinajstić information content (AvgIpc) is 2.70. The summed E-state index contributed by atoms with van der Waals surface area (Å²) in [5.41, 5.74) is 5.65. The molecule has 0 aromatic carbocycles. The summed E-state index contributed by atoms with van der Waals surface area (Å²) in [6.07, 6.45) is 1.83. The first kappa shape index (κ1) is 16.3. The number of nitrogen functional groups attached to an aromatic ring is 1. The Morgan fingerprint density at radius 1 is 1.58 bits per heavy atom. The summed E-state index contributed by atoms with van der Waals surface area (Å²) in [4.78, 5) is 0.0659. The Balaban J connectivity index is 2.79. The van der Waals surface area contributed by atoms with Crippen molar-refractivity contribution in [3.63, 3.8) is 0 Å². The molecule has 0 spiro atoms. The molecule has 3 N–H and O–H groups in total. The summed E-state index contributed by atoms with van der Waals surface area (Å²) in [6.45, 7) is 4.28. The lowest BCUT2D eigenvalue weighted by Crippen LogP contribution is -2.23. The molecule has 0 aliphatic rings. The van der Waals surface area contributed by atoms with Gasteiger partial charge in [0.25, 0.3) is 0 Å². The van der Waals surface area contributed by atoms with E-state index in [-0.39, 0.29) is 10.7 Å². The highest BCUT2D eigenvalue weighted by Gasteiger charge is 2.27. The van der Waals surface area contributed by atoms with Crippen LogP contribution in [0.2, 0.25) is 0 Å². The maximum absolute atomic E-state index is 12.1. The lowest BCUT2D eigenvalue weighted by Gasteiger charge is -2.12. The molecule has 0 aliphatic carbocycles. The van der Waals surface area contributed by atoms with Gasteiger partial charge in [-0.3, -0.25) is 0 Å². The number of aromatic nitrogens is 1. The number of nitrogens with two attached hydrogens (primary N) is 1. The van der Waals surface area contributed by atoms with Crippen LogP contribution in [0.1, 0.15) is 0 Å². The molecule has 108 valence electrons. The van der Waals surface area contributed by atoms with Gasteiger partial charge in [-0.1, -0.05) is 6.08 Å². The fourth-order valence-electron chi connectivity index (χ4n) is 1.24. The van der Waals surface area contributed by atoms with Gasteiger partial charge in [0.1, 0.15) is 5.00 Å². The number of hydrogen-bond acceptors (Lipinski definition) is 7. The maximum atomic E-state index is 12.1. The van der Waals surface area contributed by atoms with E-state index < -0.39 is 10.0 Å². The third kappa shape index (κ3) is 4.10. The Kier molecular flexibility index (Phi) is 6.11. The standard InChI is InChI=1S/C10H18N4O2S3/c1-4-6-17-7-5-12-10-8(9(11)13-18-10)19(15,16)14(2)3/h4,12H,1,5-7H2,2-3H3,(H2,11,13). The Labute approximate surface area is 122 Å². The summed E-state index contributed by atoms with van der Waals surface area (Å²) in [5, 5.41) is 3.56. The Morgan fingerprint density at radius 2 is 2.26 bits per heavy atom. The molecule has 0 fully saturated rings. The second-order valence-corrected chi connectivity index (χ2v) is 7.82. The third-order valence-electron chi connectivity index (χ3n) is 2.18. The van der Waals surface area contributed by atoms with Gasteiger partial charge in [0.2, 0.25) is 10.0 Å². The highest BCUT2D eigenvalue weighted by Crippen LogP contribution is 2.32. The van der Waals surface area contributed by atoms with E-state index in [2.05, 4.69) is 16.3 Å². The van der Waals surface area contributed by atoms with Gasteiger partial charge < -0.3 is 11.1 Å². The minimum atomic E-state index is -3.57. The van der Waals surface area contributed by atoms with E-state index >= 15 is 0 Å². The molecule has 1 aromatic rings. The molecule has 0 aliphatic heterocycles. The van der Waals surface area contributed by atoms with Crippen molar-refractivity contribution in [2.24, 2.45) is 0 Å². The summed E-state index contributed by atoms with van der Waals surface area (Å²) in [5.74, 6) is 1.76. The lowest BCUT2D eigenvalue weighted by molar-refractivity contribution is 0.521. The van der Waals surface area contributed by atoms with Gasteiger partial charge in [0.15, 0.2) is 10.7 Å². The molecule has 1 heterocycles. The van der Waals surface area contributed by atoms with Crippen molar-refractivity contribution >= 4 is 44.1 Å². The zero-order chi connectivity index (χ0) is 14.5. The Bertz CT molecular complexity index is 525. The molecule has 0 saturated heterocycles. The van der Waals surface area contributed by atoms with E-state index in [1.165, 1.54) is 14.1 Å². The van der Waals surface area contributed by atoms with Gasteiger partial charge >= 0.3 is 0 Å². The SMILES string of the molecule is C=CCSCCNc1snc(N)c1S(=O)(=O)N(C)C. The number of nitrogens with zero attached hydrogens (tertiary/aromatic N) is 2. The van der Waals surface area contributed by atoms with Crippen LogP contribution in [0.3, 0.4) is 0 Å². The number of anilines is 2. The van der Waals surface area contributed by atoms with Crippen molar-refractivity contribution in [3.8, 4) is 0 Å². The molecule has 0 saturated carbocycles. The summed E-state index contributed by atoms with van der Waals surface area (Å²) < 4.78 is 29.3. The van der Waals surface area contributed by atoms with Crippen molar-refractivity contribution < 1.29 is 8.42 Å². The number of sulfonamides is 1. The maximum Gasteiger partial charge on any atom is 0.249 e. The fraction of sp³-hybridized carbons (Fsp3) is 0.500. The van der Waals surface area contributed by atoms with Crippen LogP contribution in [-0.4, -0.2) is 49.2 Å². The van der Waals surface area contributed by atoms with E-state index in [1.807, 2.05) is 6.08 Å². The molecule has 0 radical (unpaired) electrons. The topological polar surface area (TPSA) is 88.3 Å². The van der Waals surface area contributed by atoms with Crippen molar-refractivity contribution in [1.82, 2.24) is 8.68 Å². The molecule has 0 unspecified atom stereocenters. The monoisotopic (exact) mass is 322 g/mol. The minimum Gasteiger partial charge on any atom is -0.382 e. The molecule has 0 bridgehead atoms. The van der Waals surface area contributed by atoms with Crippen LogP contribution < -0.4 is 11.1 Å². The normalized spacial score (nSPS) is 11.7. The fourth-order valence-corrected chi connectivity index (χ4v) is 3.92. The number of rotatable bonds is 8. The lowest BCUT2D eigenvalue weighted by atomic mass is 10.6. The van der Waals surface area contributed by atoms with Gasteiger partial charge in [0, 0.05) is 32.1 Å². The molecule has 0 atom stereocenters. The van der Waals surface area contributed by atoms with Crippen molar-refractivity contribution in [2.75, 3.05) is 43.2 Å². The van der Waals surface area contributed by atoms with E-state index in [1.54, 1.807) is 11.8 Å². The largest absolute Gasteiger partial charge is 0.382 e. The molecule has 6 nitrogen and oxygen atoms in total. The van der Waals surface area contributed by atoms with Gasteiger partial charge in [-0.15, -0.1) is 6.58 Å². The first-order valence-corrected chi connectivity index (χ1v) is 8.88. The van der Waals surface area contributed by atoms with Crippen LogP contribution in [0.4, 0.5) is 10.8 Å². The summed E-state index contributed by atoms with van der Waals surface area (Å²) >= 11 is 2.77. The van der Waals surface area contributed by atoms with Crippen LogP contribution in [0, 0.1) is 0 Å². The van der Waals surface area contributed by atoms with Crippen LogP contribution in [0.15, 0.2) is 17.6 Å². The van der Waals surface area contributed by atoms with Crippen molar-refractivity contribution in [3.05, 3.63) is 12.7 Å². The molecule has 1 rings (SSSR count). The first-order chi connectivity index (χ1) is 8.91. The smallest absolute Gasteiger partial charge is 0.249 e. The summed E-state index contributed by atoms with van der Waals surface area (Å²) in [7, 11) is -0.635. The predicted octanol–water partition coefficient (Wildman–Crippen LogP) is 1.31. The van der Waals surface area contributed by atoms with E-state index in [4.69, 9.17) is 5.73 Å². The molecular weight excluding hydrogens is 304 g/mol. The van der Waals surface area contributed by atoms with E-state index in [0.717, 1.165) is 27.3 Å². The summed E-state index contributed by atoms with van der Waals surface area (Å²) in [6, 6.07) is 0. The average molecular weight is 322 g/mol. The molecule has 0 amide bonds. The Hall–Kier alpha value is -0.770. The highest BCUT2D eigenvalue weighted by molar-refractivity contribution is 7.99. The van der Waals surface area contributed by atoms with Crippen molar-refractivity contribution in [2.45, 2.75) is 4.90 Å². The van der Waals surface area contributed by atoms with Gasteiger partial charge in [-0.2, -0.15) is 16.1 Å². The molecule has 19 heavy (non-hydrogen) atoms. The predicted molar refractivity (Wildman–Crippen MR) is 83.4 cm³/mol. The number of nitrogens with one attached hydrogen (secondary N) is 1. The van der Waals surface area contributed by atoms with Gasteiger partial charge in [-0.25, -0.2) is 12.7 Å².